The van der Waals surface area contributed by atoms with Crippen molar-refractivity contribution in [3.05, 3.63) is 47.7 Å². The number of piperidine rings is 2. The van der Waals surface area contributed by atoms with Crippen LogP contribution in [-0.2, 0) is 16.2 Å². The minimum Gasteiger partial charge on any atom is -0.497 e. The number of ether oxygens (including phenoxy) is 2. The van der Waals surface area contributed by atoms with Gasteiger partial charge in [0.25, 0.3) is 0 Å². The van der Waals surface area contributed by atoms with Gasteiger partial charge < -0.3 is 24.9 Å². The van der Waals surface area contributed by atoms with Gasteiger partial charge in [-0.15, -0.1) is 0 Å². The van der Waals surface area contributed by atoms with E-state index in [4.69, 9.17) is 20.0 Å². The number of pyridine rings is 1. The fourth-order valence-corrected chi connectivity index (χ4v) is 5.24. The van der Waals surface area contributed by atoms with Crippen LogP contribution in [0.5, 0.6) is 11.5 Å². The van der Waals surface area contributed by atoms with Crippen LogP contribution >= 0.6 is 0 Å². The highest BCUT2D eigenvalue weighted by atomic mass is 16.6. The molecule has 0 saturated carbocycles. The van der Waals surface area contributed by atoms with Crippen LogP contribution in [0.4, 0.5) is 5.82 Å². The van der Waals surface area contributed by atoms with Crippen LogP contribution in [0, 0.1) is 11.8 Å². The molecular weight excluding hydrogens is 458 g/mol. The lowest BCUT2D eigenvalue weighted by Gasteiger charge is -2.37. The van der Waals surface area contributed by atoms with E-state index in [9.17, 15) is 4.79 Å². The molecular formula is C27H37N5O4. The number of benzene rings is 1. The average molecular weight is 496 g/mol. The Hall–Kier alpha value is -3.33. The number of likely N-dealkylation sites (tertiary alicyclic amines) is 2. The smallest absolute Gasteiger partial charge is 0.225 e. The van der Waals surface area contributed by atoms with Crippen molar-refractivity contribution in [3.8, 4) is 11.5 Å². The molecule has 9 heteroatoms. The number of nitrogens with two attached hydrogens (primary N) is 1. The van der Waals surface area contributed by atoms with Crippen molar-refractivity contribution in [2.45, 2.75) is 32.2 Å². The number of nitrogens with zero attached hydrogens (tertiary/aromatic N) is 4. The summed E-state index contributed by atoms with van der Waals surface area (Å²) >= 11 is 0. The Morgan fingerprint density at radius 2 is 1.61 bits per heavy atom. The third-order valence-electron chi connectivity index (χ3n) is 7.22. The highest BCUT2D eigenvalue weighted by Gasteiger charge is 2.32. The summed E-state index contributed by atoms with van der Waals surface area (Å²) in [6.07, 6.45) is 5.21. The average Bonchev–Trinajstić information content (AvgIpc) is 2.91. The molecule has 0 aliphatic carbocycles. The molecule has 1 aromatic carbocycles. The topological polar surface area (TPSA) is 103 Å². The first-order chi connectivity index (χ1) is 17.5. The molecule has 0 spiro atoms. The first-order valence-corrected chi connectivity index (χ1v) is 12.6. The number of hydrogen-bond donors (Lipinski definition) is 1. The van der Waals surface area contributed by atoms with E-state index >= 15 is 0 Å². The molecule has 36 heavy (non-hydrogen) atoms. The molecule has 0 bridgehead atoms. The van der Waals surface area contributed by atoms with Crippen molar-refractivity contribution in [2.75, 3.05) is 53.2 Å². The number of rotatable bonds is 8. The molecule has 9 nitrogen and oxygen atoms in total. The molecule has 0 radical (unpaired) electrons. The molecule has 1 aromatic heterocycles. The predicted molar refractivity (Wildman–Crippen MR) is 139 cm³/mol. The second-order valence-electron chi connectivity index (χ2n) is 9.50. The Kier molecular flexibility index (Phi) is 8.64. The molecule has 194 valence electrons. The van der Waals surface area contributed by atoms with Crippen LogP contribution in [-0.4, -0.2) is 73.9 Å². The molecule has 2 saturated heterocycles. The number of nitrogen functional groups attached to an aromatic ring is 1. The van der Waals surface area contributed by atoms with Crippen molar-refractivity contribution in [1.29, 1.82) is 0 Å². The maximum absolute atomic E-state index is 13.3. The van der Waals surface area contributed by atoms with Crippen LogP contribution in [0.1, 0.15) is 36.8 Å². The van der Waals surface area contributed by atoms with Crippen LogP contribution in [0.25, 0.3) is 0 Å². The summed E-state index contributed by atoms with van der Waals surface area (Å²) in [5.41, 5.74) is 8.76. The van der Waals surface area contributed by atoms with E-state index in [1.54, 1.807) is 27.5 Å². The minimum absolute atomic E-state index is 0.0927. The molecule has 2 aromatic rings. The van der Waals surface area contributed by atoms with Gasteiger partial charge in [0.1, 0.15) is 24.4 Å². The lowest BCUT2D eigenvalue weighted by atomic mass is 9.87. The maximum Gasteiger partial charge on any atom is 0.225 e. The van der Waals surface area contributed by atoms with E-state index < -0.39 is 0 Å². The largest absolute Gasteiger partial charge is 0.497 e. The summed E-state index contributed by atoms with van der Waals surface area (Å²) in [7, 11) is 4.83. The predicted octanol–water partition coefficient (Wildman–Crippen LogP) is 3.18. The Morgan fingerprint density at radius 1 is 0.972 bits per heavy atom. The summed E-state index contributed by atoms with van der Waals surface area (Å²) in [4.78, 5) is 27.0. The van der Waals surface area contributed by atoms with Gasteiger partial charge in [0, 0.05) is 49.3 Å². The highest BCUT2D eigenvalue weighted by molar-refractivity contribution is 6.02. The van der Waals surface area contributed by atoms with Gasteiger partial charge >= 0.3 is 0 Å². The van der Waals surface area contributed by atoms with E-state index in [0.717, 1.165) is 75.2 Å². The highest BCUT2D eigenvalue weighted by Crippen LogP contribution is 2.30. The van der Waals surface area contributed by atoms with Crippen molar-refractivity contribution < 1.29 is 19.1 Å². The quantitative estimate of drug-likeness (QED) is 0.443. The Labute approximate surface area is 213 Å². The van der Waals surface area contributed by atoms with Crippen molar-refractivity contribution >= 4 is 17.4 Å². The number of hydrogen-bond acceptors (Lipinski definition) is 8. The first kappa shape index (κ1) is 25.8. The minimum atomic E-state index is 0.0927. The van der Waals surface area contributed by atoms with Gasteiger partial charge in [0.15, 0.2) is 0 Å². The Balaban J connectivity index is 1.32. The summed E-state index contributed by atoms with van der Waals surface area (Å²) in [5, 5.41) is 4.36. The lowest BCUT2D eigenvalue weighted by Crippen LogP contribution is -2.46. The molecule has 1 amide bonds. The standard InChI is InChI=1S/C27H37N5O4/c1-34-23-15-22(16-24(17-23)35-2)26(30-36-3)20-7-12-32(13-8-20)27(33)21-5-10-31(11-6-21)18-19-4-9-29-25(28)14-19/h4,9,14-17,20-21H,5-8,10-13,18H2,1-3H3,(H2,28,29). The summed E-state index contributed by atoms with van der Waals surface area (Å²) in [6, 6.07) is 9.66. The van der Waals surface area contributed by atoms with Gasteiger partial charge in [-0.3, -0.25) is 9.69 Å². The molecule has 2 N–H and O–H groups in total. The third-order valence-corrected chi connectivity index (χ3v) is 7.22. The number of aromatic nitrogens is 1. The van der Waals surface area contributed by atoms with Crippen molar-refractivity contribution in [3.63, 3.8) is 0 Å². The van der Waals surface area contributed by atoms with E-state index in [-0.39, 0.29) is 17.7 Å². The first-order valence-electron chi connectivity index (χ1n) is 12.6. The van der Waals surface area contributed by atoms with Crippen LogP contribution in [0.2, 0.25) is 0 Å². The number of methoxy groups -OCH3 is 2. The third kappa shape index (κ3) is 6.26. The SMILES string of the molecule is CON=C(c1cc(OC)cc(OC)c1)C1CCN(C(=O)C2CCN(Cc3ccnc(N)c3)CC2)CC1. The molecule has 0 atom stereocenters. The Bertz CT molecular complexity index is 1040. The summed E-state index contributed by atoms with van der Waals surface area (Å²) < 4.78 is 10.9. The molecule has 0 unspecified atom stereocenters. The zero-order valence-electron chi connectivity index (χ0n) is 21.5. The van der Waals surface area contributed by atoms with Gasteiger partial charge in [-0.25, -0.2) is 4.98 Å². The van der Waals surface area contributed by atoms with E-state index in [0.29, 0.717) is 17.3 Å². The maximum atomic E-state index is 13.3. The Morgan fingerprint density at radius 3 is 2.19 bits per heavy atom. The zero-order chi connectivity index (χ0) is 25.5. The molecule has 2 aliphatic heterocycles. The van der Waals surface area contributed by atoms with E-state index in [1.807, 2.05) is 35.2 Å². The van der Waals surface area contributed by atoms with Crippen molar-refractivity contribution in [1.82, 2.24) is 14.8 Å². The number of carbonyl (C=O) groups is 1. The number of oxime groups is 1. The van der Waals surface area contributed by atoms with Crippen LogP contribution < -0.4 is 15.2 Å². The van der Waals surface area contributed by atoms with Gasteiger partial charge in [0.05, 0.1) is 19.9 Å². The monoisotopic (exact) mass is 495 g/mol. The molecule has 2 aliphatic rings. The molecule has 2 fully saturated rings. The fraction of sp³-hybridized carbons (Fsp3) is 0.519. The second kappa shape index (κ2) is 12.1. The van der Waals surface area contributed by atoms with E-state index in [1.165, 1.54) is 0 Å². The van der Waals surface area contributed by atoms with Gasteiger partial charge in [-0.1, -0.05) is 5.16 Å². The second-order valence-corrected chi connectivity index (χ2v) is 9.50. The van der Waals surface area contributed by atoms with Crippen LogP contribution in [0.15, 0.2) is 41.7 Å². The summed E-state index contributed by atoms with van der Waals surface area (Å²) in [6.45, 7) is 4.12. The molecule has 4 rings (SSSR count). The fourth-order valence-electron chi connectivity index (χ4n) is 5.24. The van der Waals surface area contributed by atoms with Crippen molar-refractivity contribution in [2.24, 2.45) is 17.0 Å². The van der Waals surface area contributed by atoms with Crippen LogP contribution in [0.3, 0.4) is 0 Å². The zero-order valence-corrected chi connectivity index (χ0v) is 21.5. The summed E-state index contributed by atoms with van der Waals surface area (Å²) in [5.74, 6) is 2.54. The number of amides is 1. The molecule has 3 heterocycles. The van der Waals surface area contributed by atoms with Gasteiger partial charge in [-0.2, -0.15) is 0 Å². The van der Waals surface area contributed by atoms with E-state index in [2.05, 4.69) is 15.0 Å². The number of anilines is 1. The van der Waals surface area contributed by atoms with Gasteiger partial charge in [-0.05, 0) is 68.6 Å². The lowest BCUT2D eigenvalue weighted by molar-refractivity contribution is -0.138. The normalized spacial score (nSPS) is 18.2. The van der Waals surface area contributed by atoms with Gasteiger partial charge in [0.2, 0.25) is 5.91 Å². The number of carbonyl (C=O) groups excluding carboxylic acids is 1.